The number of pyridine rings is 1. The number of carbonyl (C=O) groups excluding carboxylic acids is 1. The molecule has 2 aliphatic carbocycles. The lowest BCUT2D eigenvalue weighted by atomic mass is 9.94. The van der Waals surface area contributed by atoms with Gasteiger partial charge in [-0.05, 0) is 63.1 Å². The topological polar surface area (TPSA) is 88.9 Å². The average Bonchev–Trinajstić information content (AvgIpc) is 3.25. The van der Waals surface area contributed by atoms with E-state index in [-0.39, 0.29) is 23.6 Å². The van der Waals surface area contributed by atoms with E-state index in [2.05, 4.69) is 20.7 Å². The van der Waals surface area contributed by atoms with Crippen molar-refractivity contribution in [2.75, 3.05) is 11.9 Å². The summed E-state index contributed by atoms with van der Waals surface area (Å²) in [4.78, 5) is 28.3. The molecule has 2 bridgehead atoms. The number of fused-ring (bicyclic) bond motifs is 2. The summed E-state index contributed by atoms with van der Waals surface area (Å²) >= 11 is 0. The number of nitrogens with one attached hydrogen (secondary N) is 2. The molecular weight excluding hydrogens is 342 g/mol. The summed E-state index contributed by atoms with van der Waals surface area (Å²) in [5.41, 5.74) is 1.38. The van der Waals surface area contributed by atoms with Crippen molar-refractivity contribution in [3.63, 3.8) is 0 Å². The van der Waals surface area contributed by atoms with Crippen LogP contribution in [0.4, 0.5) is 5.82 Å². The monoisotopic (exact) mass is 367 g/mol. The Kier molecular flexibility index (Phi) is 4.68. The molecule has 2 fully saturated rings. The Bertz CT molecular complexity index is 882. The van der Waals surface area contributed by atoms with Crippen molar-refractivity contribution in [2.24, 2.45) is 5.92 Å². The summed E-state index contributed by atoms with van der Waals surface area (Å²) in [6, 6.07) is 7.02. The van der Waals surface area contributed by atoms with Crippen molar-refractivity contribution in [1.29, 1.82) is 0 Å². The minimum Gasteiger partial charge on any atom is -0.365 e. The molecule has 27 heavy (non-hydrogen) atoms. The van der Waals surface area contributed by atoms with Crippen LogP contribution in [0.25, 0.3) is 11.3 Å². The van der Waals surface area contributed by atoms with Gasteiger partial charge in [0.2, 0.25) is 5.91 Å². The number of amides is 1. The first kappa shape index (κ1) is 17.7. The fraction of sp³-hybridized carbons (Fsp3) is 0.500. The zero-order valence-electron chi connectivity index (χ0n) is 15.6. The summed E-state index contributed by atoms with van der Waals surface area (Å²) in [5, 5.41) is 10.6. The molecule has 7 heteroatoms. The first-order valence-electron chi connectivity index (χ1n) is 9.66. The molecule has 0 saturated heterocycles. The highest BCUT2D eigenvalue weighted by molar-refractivity contribution is 5.75. The van der Waals surface area contributed by atoms with Gasteiger partial charge in [0.1, 0.15) is 12.4 Å². The van der Waals surface area contributed by atoms with Crippen molar-refractivity contribution < 1.29 is 4.79 Å². The molecule has 1 amide bonds. The molecule has 2 aromatic rings. The quantitative estimate of drug-likeness (QED) is 0.817. The molecule has 2 aromatic heterocycles. The van der Waals surface area contributed by atoms with Gasteiger partial charge in [-0.1, -0.05) is 0 Å². The number of nitrogens with zero attached hydrogens (tertiary/aromatic N) is 3. The summed E-state index contributed by atoms with van der Waals surface area (Å²) in [6.07, 6.45) is 8.12. The molecule has 0 spiro atoms. The summed E-state index contributed by atoms with van der Waals surface area (Å²) in [5.74, 6) is 1.54. The third kappa shape index (κ3) is 3.72. The van der Waals surface area contributed by atoms with Crippen molar-refractivity contribution in [3.05, 3.63) is 40.8 Å². The normalized spacial score (nSPS) is 23.4. The number of aromatic nitrogens is 3. The number of rotatable bonds is 6. The largest absolute Gasteiger partial charge is 0.365 e. The Labute approximate surface area is 158 Å². The first-order chi connectivity index (χ1) is 13.1. The molecule has 0 atom stereocenters. The maximum atomic E-state index is 12.0. The van der Waals surface area contributed by atoms with Crippen LogP contribution in [0.5, 0.6) is 0 Å². The highest BCUT2D eigenvalue weighted by atomic mass is 16.2. The lowest BCUT2D eigenvalue weighted by molar-refractivity contribution is -0.121. The van der Waals surface area contributed by atoms with Gasteiger partial charge in [0, 0.05) is 29.9 Å². The van der Waals surface area contributed by atoms with E-state index in [1.165, 1.54) is 42.9 Å². The zero-order chi connectivity index (χ0) is 18.9. The van der Waals surface area contributed by atoms with Gasteiger partial charge in [-0.15, -0.1) is 0 Å². The number of likely N-dealkylation sites (N-methyl/N-ethyl adjacent to an activating group) is 1. The molecule has 2 aliphatic rings. The Balaban J connectivity index is 1.50. The predicted molar refractivity (Wildman–Crippen MR) is 103 cm³/mol. The molecule has 2 heterocycles. The standard InChI is InChI=1S/C20H25N5O2/c1-2-21-18(26)13-25-19(27)6-4-16(24-25)15-3-5-17(22-12-15)23-20-9-7-14(11-20)8-10-20/h3-6,12,14H,2,7-11,13H2,1H3,(H,21,26)(H,22,23). The van der Waals surface area contributed by atoms with Crippen molar-refractivity contribution >= 4 is 11.7 Å². The highest BCUT2D eigenvalue weighted by Crippen LogP contribution is 2.49. The maximum Gasteiger partial charge on any atom is 0.267 e. The fourth-order valence-corrected chi connectivity index (χ4v) is 4.36. The van der Waals surface area contributed by atoms with Crippen LogP contribution < -0.4 is 16.2 Å². The van der Waals surface area contributed by atoms with Gasteiger partial charge in [0.25, 0.3) is 5.56 Å². The Morgan fingerprint density at radius 1 is 1.26 bits per heavy atom. The average molecular weight is 367 g/mol. The summed E-state index contributed by atoms with van der Waals surface area (Å²) in [7, 11) is 0. The van der Waals surface area contributed by atoms with Crippen LogP contribution in [-0.2, 0) is 11.3 Å². The molecule has 142 valence electrons. The van der Waals surface area contributed by atoms with E-state index in [0.29, 0.717) is 12.2 Å². The van der Waals surface area contributed by atoms with Crippen LogP contribution >= 0.6 is 0 Å². The van der Waals surface area contributed by atoms with Crippen molar-refractivity contribution in [3.8, 4) is 11.3 Å². The van der Waals surface area contributed by atoms with Gasteiger partial charge >= 0.3 is 0 Å². The predicted octanol–water partition coefficient (Wildman–Crippen LogP) is 2.19. The third-order valence-corrected chi connectivity index (χ3v) is 5.73. The molecule has 4 rings (SSSR count). The van der Waals surface area contributed by atoms with Crippen molar-refractivity contribution in [1.82, 2.24) is 20.1 Å². The second-order valence-electron chi connectivity index (χ2n) is 7.65. The van der Waals surface area contributed by atoms with E-state index in [1.54, 1.807) is 12.3 Å². The molecule has 2 saturated carbocycles. The lowest BCUT2D eigenvalue weighted by Gasteiger charge is -2.28. The van der Waals surface area contributed by atoms with E-state index in [9.17, 15) is 9.59 Å². The number of hydrogen-bond acceptors (Lipinski definition) is 5. The van der Waals surface area contributed by atoms with Gasteiger partial charge in [-0.2, -0.15) is 5.10 Å². The molecule has 0 unspecified atom stereocenters. The molecule has 7 nitrogen and oxygen atoms in total. The van der Waals surface area contributed by atoms with Gasteiger partial charge < -0.3 is 10.6 Å². The zero-order valence-corrected chi connectivity index (χ0v) is 15.6. The van der Waals surface area contributed by atoms with Crippen LogP contribution in [0.3, 0.4) is 0 Å². The molecule has 0 radical (unpaired) electrons. The number of carbonyl (C=O) groups is 1. The number of hydrogen-bond donors (Lipinski definition) is 2. The van der Waals surface area contributed by atoms with Crippen LogP contribution in [-0.4, -0.2) is 32.8 Å². The lowest BCUT2D eigenvalue weighted by Crippen LogP contribution is -2.33. The number of anilines is 1. The second-order valence-corrected chi connectivity index (χ2v) is 7.65. The first-order valence-corrected chi connectivity index (χ1v) is 9.66. The Hall–Kier alpha value is -2.70. The van der Waals surface area contributed by atoms with E-state index in [1.807, 2.05) is 19.1 Å². The van der Waals surface area contributed by atoms with Crippen LogP contribution in [0, 0.1) is 5.92 Å². The van der Waals surface area contributed by atoms with Gasteiger partial charge in [0.05, 0.1) is 5.69 Å². The molecule has 0 aromatic carbocycles. The van der Waals surface area contributed by atoms with Gasteiger partial charge in [-0.3, -0.25) is 9.59 Å². The maximum absolute atomic E-state index is 12.0. The smallest absolute Gasteiger partial charge is 0.267 e. The minimum atomic E-state index is -0.299. The summed E-state index contributed by atoms with van der Waals surface area (Å²) in [6.45, 7) is 2.27. The fourth-order valence-electron chi connectivity index (χ4n) is 4.36. The van der Waals surface area contributed by atoms with E-state index in [4.69, 9.17) is 0 Å². The summed E-state index contributed by atoms with van der Waals surface area (Å²) < 4.78 is 1.18. The second kappa shape index (κ2) is 7.13. The molecule has 2 N–H and O–H groups in total. The van der Waals surface area contributed by atoms with E-state index < -0.39 is 0 Å². The van der Waals surface area contributed by atoms with E-state index in [0.717, 1.165) is 17.3 Å². The Morgan fingerprint density at radius 2 is 2.07 bits per heavy atom. The molecular formula is C20H25N5O2. The highest BCUT2D eigenvalue weighted by Gasteiger charge is 2.44. The SMILES string of the molecule is CCNC(=O)Cn1nc(-c2ccc(NC34CCC(CC3)C4)nc2)ccc1=O. The van der Waals surface area contributed by atoms with Gasteiger partial charge in [-0.25, -0.2) is 9.67 Å². The van der Waals surface area contributed by atoms with Crippen LogP contribution in [0.1, 0.15) is 39.0 Å². The minimum absolute atomic E-state index is 0.0860. The van der Waals surface area contributed by atoms with Crippen LogP contribution in [0.15, 0.2) is 35.3 Å². The van der Waals surface area contributed by atoms with Gasteiger partial charge in [0.15, 0.2) is 0 Å². The van der Waals surface area contributed by atoms with Crippen molar-refractivity contribution in [2.45, 2.75) is 51.1 Å². The third-order valence-electron chi connectivity index (χ3n) is 5.73. The Morgan fingerprint density at radius 3 is 2.70 bits per heavy atom. The van der Waals surface area contributed by atoms with E-state index >= 15 is 0 Å². The van der Waals surface area contributed by atoms with Crippen LogP contribution in [0.2, 0.25) is 0 Å². The molecule has 0 aliphatic heterocycles.